The molecule has 0 saturated heterocycles. The van der Waals surface area contributed by atoms with Crippen LogP contribution in [-0.4, -0.2) is 20.9 Å². The van der Waals surface area contributed by atoms with Gasteiger partial charge < -0.3 is 15.3 Å². The summed E-state index contributed by atoms with van der Waals surface area (Å²) in [6.45, 7) is 2.18. The quantitative estimate of drug-likeness (QED) is 0.673. The van der Waals surface area contributed by atoms with E-state index < -0.39 is 0 Å². The summed E-state index contributed by atoms with van der Waals surface area (Å²) in [6.07, 6.45) is 2.40. The van der Waals surface area contributed by atoms with Crippen molar-refractivity contribution in [1.29, 1.82) is 0 Å². The molecule has 0 fully saturated rings. The van der Waals surface area contributed by atoms with Crippen molar-refractivity contribution in [3.8, 4) is 11.3 Å². The number of pyridine rings is 1. The van der Waals surface area contributed by atoms with Crippen LogP contribution < -0.4 is 10.9 Å². The van der Waals surface area contributed by atoms with E-state index in [-0.39, 0.29) is 18.0 Å². The van der Waals surface area contributed by atoms with Crippen LogP contribution in [0.3, 0.4) is 0 Å². The van der Waals surface area contributed by atoms with Crippen LogP contribution >= 0.6 is 0 Å². The Balaban J connectivity index is 1.68. The zero-order chi connectivity index (χ0) is 16.9. The SMILES string of the molecule is CCc1cc(C(=O)NCc2ncc(-c3ccccc3)[nH]2)cc(=O)[nH]1. The van der Waals surface area contributed by atoms with E-state index in [2.05, 4.69) is 20.3 Å². The number of hydrogen-bond donors (Lipinski definition) is 3. The maximum Gasteiger partial charge on any atom is 0.251 e. The summed E-state index contributed by atoms with van der Waals surface area (Å²) in [6, 6.07) is 12.8. The summed E-state index contributed by atoms with van der Waals surface area (Å²) in [5.74, 6) is 0.358. The highest BCUT2D eigenvalue weighted by Crippen LogP contribution is 2.15. The molecule has 0 spiro atoms. The van der Waals surface area contributed by atoms with Crippen molar-refractivity contribution in [2.45, 2.75) is 19.9 Å². The molecule has 0 saturated carbocycles. The molecule has 0 atom stereocenters. The van der Waals surface area contributed by atoms with E-state index in [1.54, 1.807) is 12.3 Å². The van der Waals surface area contributed by atoms with E-state index in [0.29, 0.717) is 17.8 Å². The normalized spacial score (nSPS) is 10.5. The Kier molecular flexibility index (Phi) is 4.56. The monoisotopic (exact) mass is 322 g/mol. The van der Waals surface area contributed by atoms with E-state index in [1.807, 2.05) is 37.3 Å². The Morgan fingerprint density at radius 2 is 1.96 bits per heavy atom. The lowest BCUT2D eigenvalue weighted by atomic mass is 10.2. The summed E-state index contributed by atoms with van der Waals surface area (Å²) in [5, 5.41) is 2.77. The Bertz CT molecular complexity index is 897. The molecule has 0 radical (unpaired) electrons. The number of amides is 1. The number of carbonyl (C=O) groups excluding carboxylic acids is 1. The summed E-state index contributed by atoms with van der Waals surface area (Å²) in [5.41, 5.74) is 2.74. The molecule has 1 amide bonds. The van der Waals surface area contributed by atoms with Crippen molar-refractivity contribution < 1.29 is 4.79 Å². The van der Waals surface area contributed by atoms with Crippen LogP contribution in [0.25, 0.3) is 11.3 Å². The molecule has 2 aromatic heterocycles. The molecule has 122 valence electrons. The highest BCUT2D eigenvalue weighted by molar-refractivity contribution is 5.94. The maximum absolute atomic E-state index is 12.2. The van der Waals surface area contributed by atoms with Crippen molar-refractivity contribution in [2.75, 3.05) is 0 Å². The average molecular weight is 322 g/mol. The number of aromatic nitrogens is 3. The van der Waals surface area contributed by atoms with Gasteiger partial charge in [0.2, 0.25) is 5.56 Å². The number of carbonyl (C=O) groups is 1. The summed E-state index contributed by atoms with van der Waals surface area (Å²) >= 11 is 0. The van der Waals surface area contributed by atoms with Crippen LogP contribution in [0.1, 0.15) is 28.8 Å². The first-order valence-corrected chi connectivity index (χ1v) is 7.76. The first-order chi connectivity index (χ1) is 11.7. The molecule has 6 nitrogen and oxygen atoms in total. The highest BCUT2D eigenvalue weighted by Gasteiger charge is 2.09. The van der Waals surface area contributed by atoms with E-state index in [4.69, 9.17) is 0 Å². The van der Waals surface area contributed by atoms with Gasteiger partial charge in [-0.2, -0.15) is 0 Å². The number of imidazole rings is 1. The van der Waals surface area contributed by atoms with Crippen LogP contribution in [0.2, 0.25) is 0 Å². The maximum atomic E-state index is 12.2. The highest BCUT2D eigenvalue weighted by atomic mass is 16.2. The summed E-state index contributed by atoms with van der Waals surface area (Å²) in [4.78, 5) is 33.9. The standard InChI is InChI=1S/C18H18N4O2/c1-2-14-8-13(9-17(23)21-14)18(24)20-11-16-19-10-15(22-16)12-6-4-3-5-7-12/h3-10H,2,11H2,1H3,(H,19,22)(H,20,24)(H,21,23). The molecule has 2 heterocycles. The minimum Gasteiger partial charge on any atom is -0.345 e. The fourth-order valence-corrected chi connectivity index (χ4v) is 2.41. The third-order valence-corrected chi connectivity index (χ3v) is 3.67. The molecule has 0 aliphatic rings. The molecule has 3 aromatic rings. The number of benzene rings is 1. The minimum absolute atomic E-state index is 0.264. The van der Waals surface area contributed by atoms with Crippen LogP contribution in [0, 0.1) is 0 Å². The van der Waals surface area contributed by atoms with Gasteiger partial charge in [0.1, 0.15) is 5.82 Å². The zero-order valence-electron chi connectivity index (χ0n) is 13.3. The first kappa shape index (κ1) is 15.7. The molecule has 0 unspecified atom stereocenters. The van der Waals surface area contributed by atoms with Gasteiger partial charge in [-0.15, -0.1) is 0 Å². The Morgan fingerprint density at radius 3 is 2.71 bits per heavy atom. The molecule has 0 aliphatic heterocycles. The number of aryl methyl sites for hydroxylation is 1. The number of H-pyrrole nitrogens is 2. The molecule has 3 rings (SSSR count). The number of aromatic amines is 2. The Hall–Kier alpha value is -3.15. The predicted molar refractivity (Wildman–Crippen MR) is 91.6 cm³/mol. The molecule has 1 aromatic carbocycles. The van der Waals surface area contributed by atoms with Gasteiger partial charge in [0.15, 0.2) is 0 Å². The average Bonchev–Trinajstić information content (AvgIpc) is 3.09. The molecule has 6 heteroatoms. The minimum atomic E-state index is -0.298. The topological polar surface area (TPSA) is 90.6 Å². The fraction of sp³-hybridized carbons (Fsp3) is 0.167. The lowest BCUT2D eigenvalue weighted by Crippen LogP contribution is -2.25. The lowest BCUT2D eigenvalue weighted by Gasteiger charge is -2.05. The molecule has 3 N–H and O–H groups in total. The lowest BCUT2D eigenvalue weighted by molar-refractivity contribution is 0.0949. The Labute approximate surface area is 139 Å². The molecule has 0 aliphatic carbocycles. The first-order valence-electron chi connectivity index (χ1n) is 7.76. The van der Waals surface area contributed by atoms with Crippen LogP contribution in [-0.2, 0) is 13.0 Å². The second-order valence-electron chi connectivity index (χ2n) is 5.40. The summed E-state index contributed by atoms with van der Waals surface area (Å²) in [7, 11) is 0. The van der Waals surface area contributed by atoms with Crippen molar-refractivity contribution in [3.05, 3.63) is 76.1 Å². The summed E-state index contributed by atoms with van der Waals surface area (Å²) < 4.78 is 0. The second kappa shape index (κ2) is 6.95. The number of rotatable bonds is 5. The Morgan fingerprint density at radius 1 is 1.17 bits per heavy atom. The predicted octanol–water partition coefficient (Wildman–Crippen LogP) is 2.26. The second-order valence-corrected chi connectivity index (χ2v) is 5.40. The fourth-order valence-electron chi connectivity index (χ4n) is 2.41. The van der Waals surface area contributed by atoms with Gasteiger partial charge in [0.25, 0.3) is 5.91 Å². The number of nitrogens with zero attached hydrogens (tertiary/aromatic N) is 1. The van der Waals surface area contributed by atoms with Crippen molar-refractivity contribution in [2.24, 2.45) is 0 Å². The van der Waals surface area contributed by atoms with Crippen LogP contribution in [0.5, 0.6) is 0 Å². The third-order valence-electron chi connectivity index (χ3n) is 3.67. The van der Waals surface area contributed by atoms with Crippen LogP contribution in [0.4, 0.5) is 0 Å². The van der Waals surface area contributed by atoms with Gasteiger partial charge in [-0.05, 0) is 18.1 Å². The van der Waals surface area contributed by atoms with E-state index in [9.17, 15) is 9.59 Å². The van der Waals surface area contributed by atoms with Gasteiger partial charge in [0, 0.05) is 17.3 Å². The number of hydrogen-bond acceptors (Lipinski definition) is 3. The molecule has 24 heavy (non-hydrogen) atoms. The molecular formula is C18H18N4O2. The van der Waals surface area contributed by atoms with Crippen molar-refractivity contribution >= 4 is 5.91 Å². The van der Waals surface area contributed by atoms with E-state index in [0.717, 1.165) is 17.0 Å². The number of nitrogens with one attached hydrogen (secondary N) is 3. The molecule has 0 bridgehead atoms. The van der Waals surface area contributed by atoms with Gasteiger partial charge in [-0.25, -0.2) is 4.98 Å². The van der Waals surface area contributed by atoms with E-state index in [1.165, 1.54) is 6.07 Å². The largest absolute Gasteiger partial charge is 0.345 e. The van der Waals surface area contributed by atoms with Crippen LogP contribution in [0.15, 0.2) is 53.5 Å². The van der Waals surface area contributed by atoms with Gasteiger partial charge in [-0.1, -0.05) is 37.3 Å². The van der Waals surface area contributed by atoms with E-state index >= 15 is 0 Å². The third kappa shape index (κ3) is 3.60. The van der Waals surface area contributed by atoms with Gasteiger partial charge in [-0.3, -0.25) is 9.59 Å². The van der Waals surface area contributed by atoms with Gasteiger partial charge in [0.05, 0.1) is 18.4 Å². The van der Waals surface area contributed by atoms with Crippen molar-refractivity contribution in [3.63, 3.8) is 0 Å². The zero-order valence-corrected chi connectivity index (χ0v) is 13.3. The van der Waals surface area contributed by atoms with Crippen molar-refractivity contribution in [1.82, 2.24) is 20.3 Å². The smallest absolute Gasteiger partial charge is 0.251 e. The molecular weight excluding hydrogens is 304 g/mol. The van der Waals surface area contributed by atoms with Gasteiger partial charge >= 0.3 is 0 Å².